The van der Waals surface area contributed by atoms with Crippen molar-refractivity contribution in [1.82, 2.24) is 4.90 Å². The minimum absolute atomic E-state index is 0.115. The Morgan fingerprint density at radius 3 is 2.71 bits per heavy atom. The average molecular weight is 292 g/mol. The van der Waals surface area contributed by atoms with E-state index >= 15 is 0 Å². The van der Waals surface area contributed by atoms with E-state index in [1.54, 1.807) is 19.0 Å². The predicted octanol–water partition coefficient (Wildman–Crippen LogP) is 1.14. The lowest BCUT2D eigenvalue weighted by Gasteiger charge is -2.08. The van der Waals surface area contributed by atoms with E-state index in [4.69, 9.17) is 10.4 Å². The summed E-state index contributed by atoms with van der Waals surface area (Å²) in [4.78, 5) is 27.3. The Balaban J connectivity index is 2.96. The average Bonchev–Trinajstić information content (AvgIpc) is 2.44. The fraction of sp³-hybridized carbons (Fsp3) is 0.231. The molecule has 1 aromatic carbocycles. The van der Waals surface area contributed by atoms with E-state index in [1.165, 1.54) is 24.5 Å². The quantitative estimate of drug-likeness (QED) is 0.481. The van der Waals surface area contributed by atoms with Crippen LogP contribution in [0.2, 0.25) is 0 Å². The second-order valence-corrected chi connectivity index (χ2v) is 4.24. The molecule has 2 N–H and O–H groups in total. The number of aliphatic carboxylic acids is 1. The van der Waals surface area contributed by atoms with Crippen molar-refractivity contribution < 1.29 is 19.1 Å². The third kappa shape index (κ3) is 4.58. The lowest BCUT2D eigenvalue weighted by molar-refractivity contribution is -0.146. The number of carboxylic acids is 1. The maximum Gasteiger partial charge on any atom is 0.348 e. The lowest BCUT2D eigenvalue weighted by atomic mass is 10.1. The number of carbonyl (C=O) groups is 2. The van der Waals surface area contributed by atoms with Gasteiger partial charge in [-0.3, -0.25) is 4.79 Å². The van der Waals surface area contributed by atoms with Crippen LogP contribution in [0.1, 0.15) is 5.56 Å². The Hall–Kier alpha value is -2.95. The van der Waals surface area contributed by atoms with Crippen LogP contribution >= 0.6 is 0 Å². The highest BCUT2D eigenvalue weighted by atomic mass is 19.1. The molecule has 0 saturated carbocycles. The van der Waals surface area contributed by atoms with Crippen molar-refractivity contribution in [2.75, 3.05) is 19.4 Å². The number of nitrogens with one attached hydrogen (secondary N) is 1. The molecule has 1 amide bonds. The number of hydrogen-bond donors (Lipinski definition) is 2. The highest BCUT2D eigenvalue weighted by molar-refractivity contribution is 6.06. The van der Waals surface area contributed by atoms with Crippen LogP contribution in [0.5, 0.6) is 0 Å². The first-order valence-electron chi connectivity index (χ1n) is 5.77. The van der Waals surface area contributed by atoms with Gasteiger partial charge in [0.15, 0.2) is 0 Å². The van der Waals surface area contributed by atoms with Crippen molar-refractivity contribution in [3.63, 3.8) is 0 Å². The zero-order valence-corrected chi connectivity index (χ0v) is 11.4. The van der Waals surface area contributed by atoms with E-state index < -0.39 is 18.0 Å². The van der Waals surface area contributed by atoms with E-state index in [2.05, 4.69) is 10.3 Å². The number of halogens is 1. The Bertz CT molecular complexity index is 622. The Morgan fingerprint density at radius 1 is 1.52 bits per heavy atom. The normalized spacial score (nSPS) is 11.7. The number of benzene rings is 1. The molecule has 1 unspecified atom stereocenters. The molecule has 0 aliphatic heterocycles. The van der Waals surface area contributed by atoms with Crippen LogP contribution in [0.15, 0.2) is 23.2 Å². The molecular formula is C13H13FN4O3. The highest BCUT2D eigenvalue weighted by Crippen LogP contribution is 2.22. The van der Waals surface area contributed by atoms with E-state index in [9.17, 15) is 14.0 Å². The minimum atomic E-state index is -2.66. The first kappa shape index (κ1) is 16.1. The van der Waals surface area contributed by atoms with Gasteiger partial charge in [-0.25, -0.2) is 14.2 Å². The molecule has 0 fully saturated rings. The molecule has 110 valence electrons. The molecule has 8 heteroatoms. The Labute approximate surface area is 120 Å². The molecule has 0 aliphatic carbocycles. The number of anilines is 1. The van der Waals surface area contributed by atoms with Crippen molar-refractivity contribution in [2.45, 2.75) is 6.17 Å². The number of hydrogen-bond acceptors (Lipinski definition) is 4. The van der Waals surface area contributed by atoms with E-state index in [0.29, 0.717) is 5.69 Å². The van der Waals surface area contributed by atoms with Crippen molar-refractivity contribution in [2.24, 2.45) is 4.99 Å². The van der Waals surface area contributed by atoms with Crippen molar-refractivity contribution in [1.29, 1.82) is 5.26 Å². The summed E-state index contributed by atoms with van der Waals surface area (Å²) in [6.45, 7) is 0. The van der Waals surface area contributed by atoms with Crippen LogP contribution in [0.3, 0.4) is 0 Å². The second-order valence-electron chi connectivity index (χ2n) is 4.24. The molecule has 7 nitrogen and oxygen atoms in total. The number of carboxylic acid groups (broad SMARTS) is 1. The zero-order chi connectivity index (χ0) is 16.0. The summed E-state index contributed by atoms with van der Waals surface area (Å²) in [6.07, 6.45) is -1.17. The Morgan fingerprint density at radius 2 is 2.19 bits per heavy atom. The van der Waals surface area contributed by atoms with Crippen LogP contribution in [0.4, 0.5) is 15.8 Å². The zero-order valence-electron chi connectivity index (χ0n) is 11.4. The first-order valence-corrected chi connectivity index (χ1v) is 5.77. The summed E-state index contributed by atoms with van der Waals surface area (Å²) in [7, 11) is 3.52. The molecule has 0 bridgehead atoms. The first-order chi connectivity index (χ1) is 9.85. The molecule has 21 heavy (non-hydrogen) atoms. The molecule has 0 spiro atoms. The molecule has 0 heterocycles. The van der Waals surface area contributed by atoms with Gasteiger partial charge in [0, 0.05) is 19.8 Å². The second kappa shape index (κ2) is 7.00. The topological polar surface area (TPSA) is 106 Å². The molecule has 1 rings (SSSR count). The standard InChI is InChI=1S/C13H13FN4O3/c1-18(2)7-16-10-4-3-9(5-8(10)6-15)17-12(19)11(14)13(20)21/h3-5,7,11H,1-2H3,(H,17,19)(H,20,21)/b16-7+. The van der Waals surface area contributed by atoms with E-state index in [-0.39, 0.29) is 11.3 Å². The minimum Gasteiger partial charge on any atom is -0.479 e. The number of nitrogens with zero attached hydrogens (tertiary/aromatic N) is 3. The third-order valence-electron chi connectivity index (χ3n) is 2.26. The molecule has 0 radical (unpaired) electrons. The molecule has 1 aromatic rings. The predicted molar refractivity (Wildman–Crippen MR) is 74.2 cm³/mol. The van der Waals surface area contributed by atoms with Crippen molar-refractivity contribution >= 4 is 29.6 Å². The number of alkyl halides is 1. The fourth-order valence-electron chi connectivity index (χ4n) is 1.31. The molecule has 1 atom stereocenters. The van der Waals surface area contributed by atoms with E-state index in [1.807, 2.05) is 6.07 Å². The summed E-state index contributed by atoms with van der Waals surface area (Å²) in [5, 5.41) is 19.5. The third-order valence-corrected chi connectivity index (χ3v) is 2.26. The van der Waals surface area contributed by atoms with Crippen LogP contribution in [-0.4, -0.2) is 48.5 Å². The SMILES string of the molecule is CN(C)/C=N/c1ccc(NC(=O)C(F)C(=O)O)cc1C#N. The maximum absolute atomic E-state index is 13.0. The smallest absolute Gasteiger partial charge is 0.348 e. The van der Waals surface area contributed by atoms with Crippen molar-refractivity contribution in [3.05, 3.63) is 23.8 Å². The van der Waals surface area contributed by atoms with Gasteiger partial charge in [-0.15, -0.1) is 0 Å². The van der Waals surface area contributed by atoms with Gasteiger partial charge in [0.25, 0.3) is 12.1 Å². The van der Waals surface area contributed by atoms with Gasteiger partial charge >= 0.3 is 5.97 Å². The Kier molecular flexibility index (Phi) is 5.37. The molecular weight excluding hydrogens is 279 g/mol. The number of aliphatic imine (C=N–C) groups is 1. The van der Waals surface area contributed by atoms with Crippen LogP contribution in [0.25, 0.3) is 0 Å². The maximum atomic E-state index is 13.0. The number of rotatable bonds is 5. The largest absolute Gasteiger partial charge is 0.479 e. The number of amides is 1. The number of nitriles is 1. The fourth-order valence-corrected chi connectivity index (χ4v) is 1.31. The summed E-state index contributed by atoms with van der Waals surface area (Å²) in [5.74, 6) is -3.18. The van der Waals surface area contributed by atoms with Gasteiger partial charge in [0.05, 0.1) is 17.6 Å². The summed E-state index contributed by atoms with van der Waals surface area (Å²) < 4.78 is 13.0. The van der Waals surface area contributed by atoms with Crippen LogP contribution in [0, 0.1) is 11.3 Å². The molecule has 0 saturated heterocycles. The van der Waals surface area contributed by atoms with Gasteiger partial charge in [0.2, 0.25) is 0 Å². The molecule has 0 aliphatic rings. The van der Waals surface area contributed by atoms with Gasteiger partial charge in [-0.05, 0) is 18.2 Å². The van der Waals surface area contributed by atoms with E-state index in [0.717, 1.165) is 0 Å². The van der Waals surface area contributed by atoms with Gasteiger partial charge < -0.3 is 15.3 Å². The highest BCUT2D eigenvalue weighted by Gasteiger charge is 2.25. The lowest BCUT2D eigenvalue weighted by Crippen LogP contribution is -2.31. The molecule has 0 aromatic heterocycles. The van der Waals surface area contributed by atoms with Gasteiger partial charge in [0.1, 0.15) is 6.07 Å². The van der Waals surface area contributed by atoms with Gasteiger partial charge in [-0.1, -0.05) is 0 Å². The summed E-state index contributed by atoms with van der Waals surface area (Å²) in [6, 6.07) is 6.04. The number of carbonyl (C=O) groups excluding carboxylic acids is 1. The van der Waals surface area contributed by atoms with Crippen LogP contribution in [-0.2, 0) is 9.59 Å². The summed E-state index contributed by atoms with van der Waals surface area (Å²) in [5.41, 5.74) is 0.653. The monoisotopic (exact) mass is 292 g/mol. The summed E-state index contributed by atoms with van der Waals surface area (Å²) >= 11 is 0. The van der Waals surface area contributed by atoms with Crippen molar-refractivity contribution in [3.8, 4) is 6.07 Å². The van der Waals surface area contributed by atoms with Gasteiger partial charge in [-0.2, -0.15) is 5.26 Å². The van der Waals surface area contributed by atoms with Crippen LogP contribution < -0.4 is 5.32 Å².